The lowest BCUT2D eigenvalue weighted by molar-refractivity contribution is 0.0537. The molecule has 0 spiro atoms. The predicted molar refractivity (Wildman–Crippen MR) is 55.0 cm³/mol. The molecule has 0 unspecified atom stereocenters. The number of methoxy groups -OCH3 is 1. The first-order chi connectivity index (χ1) is 6.26. The lowest BCUT2D eigenvalue weighted by atomic mass is 10.3. The van der Waals surface area contributed by atoms with E-state index in [1.165, 1.54) is 32.7 Å². The summed E-state index contributed by atoms with van der Waals surface area (Å²) in [6.45, 7) is 11.4. The molecule has 3 nitrogen and oxygen atoms in total. The second-order valence-electron chi connectivity index (χ2n) is 3.78. The molecular formula is C10H22N2O. The number of hydrogen-bond acceptors (Lipinski definition) is 3. The average molecular weight is 186 g/mol. The van der Waals surface area contributed by atoms with Gasteiger partial charge in [-0.3, -0.25) is 4.90 Å². The van der Waals surface area contributed by atoms with Crippen molar-refractivity contribution in [2.24, 2.45) is 0 Å². The van der Waals surface area contributed by atoms with Crippen molar-refractivity contribution in [3.63, 3.8) is 0 Å². The first kappa shape index (κ1) is 11.0. The highest BCUT2D eigenvalue weighted by Gasteiger charge is 2.16. The molecule has 0 amide bonds. The average Bonchev–Trinajstić information content (AvgIpc) is 2.19. The zero-order valence-corrected chi connectivity index (χ0v) is 9.12. The van der Waals surface area contributed by atoms with E-state index in [1.807, 2.05) is 0 Å². The summed E-state index contributed by atoms with van der Waals surface area (Å²) in [4.78, 5) is 4.98. The lowest BCUT2D eigenvalue weighted by Crippen LogP contribution is -2.48. The van der Waals surface area contributed by atoms with E-state index in [9.17, 15) is 0 Å². The molecule has 0 N–H and O–H groups in total. The van der Waals surface area contributed by atoms with Crippen LogP contribution < -0.4 is 0 Å². The maximum absolute atomic E-state index is 5.25. The smallest absolute Gasteiger partial charge is 0.0670 e. The van der Waals surface area contributed by atoms with Crippen molar-refractivity contribution in [3.05, 3.63) is 0 Å². The highest BCUT2D eigenvalue weighted by molar-refractivity contribution is 4.72. The molecular weight excluding hydrogens is 164 g/mol. The Bertz CT molecular complexity index is 133. The van der Waals surface area contributed by atoms with E-state index in [-0.39, 0.29) is 0 Å². The second kappa shape index (κ2) is 5.58. The van der Waals surface area contributed by atoms with Gasteiger partial charge in [0.05, 0.1) is 6.10 Å². The molecule has 0 bridgehead atoms. The van der Waals surface area contributed by atoms with E-state index in [0.717, 1.165) is 6.54 Å². The topological polar surface area (TPSA) is 15.7 Å². The third-order valence-electron chi connectivity index (χ3n) is 2.83. The molecule has 1 fully saturated rings. The Morgan fingerprint density at radius 1 is 1.15 bits per heavy atom. The molecule has 78 valence electrons. The van der Waals surface area contributed by atoms with Crippen molar-refractivity contribution >= 4 is 0 Å². The molecule has 1 aliphatic rings. The summed E-state index contributed by atoms with van der Waals surface area (Å²) in [6, 6.07) is 0. The summed E-state index contributed by atoms with van der Waals surface area (Å²) < 4.78 is 5.25. The summed E-state index contributed by atoms with van der Waals surface area (Å²) >= 11 is 0. The standard InChI is InChI=1S/C10H22N2O/c1-4-11-5-7-12(8-6-11)9-10(2)13-3/h10H,4-9H2,1-3H3/t10-/m1/s1. The fraction of sp³-hybridized carbons (Fsp3) is 1.00. The Labute approximate surface area is 81.7 Å². The van der Waals surface area contributed by atoms with Crippen molar-refractivity contribution < 1.29 is 4.74 Å². The molecule has 0 aromatic heterocycles. The van der Waals surface area contributed by atoms with E-state index in [2.05, 4.69) is 23.6 Å². The minimum atomic E-state index is 0.369. The first-order valence-electron chi connectivity index (χ1n) is 5.23. The predicted octanol–water partition coefficient (Wildman–Crippen LogP) is 0.659. The molecule has 1 aliphatic heterocycles. The maximum Gasteiger partial charge on any atom is 0.0670 e. The Balaban J connectivity index is 2.17. The van der Waals surface area contributed by atoms with Crippen LogP contribution in [0.4, 0.5) is 0 Å². The number of likely N-dealkylation sites (N-methyl/N-ethyl adjacent to an activating group) is 1. The minimum absolute atomic E-state index is 0.369. The zero-order valence-electron chi connectivity index (χ0n) is 9.12. The van der Waals surface area contributed by atoms with Gasteiger partial charge in [0.2, 0.25) is 0 Å². The fourth-order valence-corrected chi connectivity index (χ4v) is 1.73. The summed E-state index contributed by atoms with van der Waals surface area (Å²) in [7, 11) is 1.78. The van der Waals surface area contributed by atoms with E-state index >= 15 is 0 Å². The summed E-state index contributed by atoms with van der Waals surface area (Å²) in [5.41, 5.74) is 0. The van der Waals surface area contributed by atoms with Crippen LogP contribution in [0.5, 0.6) is 0 Å². The van der Waals surface area contributed by atoms with Crippen LogP contribution in [0.25, 0.3) is 0 Å². The Hall–Kier alpha value is -0.120. The first-order valence-corrected chi connectivity index (χ1v) is 5.23. The van der Waals surface area contributed by atoms with Crippen LogP contribution in [0, 0.1) is 0 Å². The fourth-order valence-electron chi connectivity index (χ4n) is 1.73. The van der Waals surface area contributed by atoms with Crippen LogP contribution >= 0.6 is 0 Å². The molecule has 3 heteroatoms. The molecule has 1 saturated heterocycles. The Morgan fingerprint density at radius 3 is 2.15 bits per heavy atom. The number of hydrogen-bond donors (Lipinski definition) is 0. The van der Waals surface area contributed by atoms with Gasteiger partial charge in [-0.25, -0.2) is 0 Å². The van der Waals surface area contributed by atoms with Crippen LogP contribution in [-0.4, -0.2) is 62.3 Å². The molecule has 13 heavy (non-hydrogen) atoms. The van der Waals surface area contributed by atoms with Crippen molar-refractivity contribution in [2.75, 3.05) is 46.4 Å². The monoisotopic (exact) mass is 186 g/mol. The van der Waals surface area contributed by atoms with Gasteiger partial charge in [0.1, 0.15) is 0 Å². The van der Waals surface area contributed by atoms with Gasteiger partial charge in [0.15, 0.2) is 0 Å². The van der Waals surface area contributed by atoms with Crippen LogP contribution in [0.1, 0.15) is 13.8 Å². The minimum Gasteiger partial charge on any atom is -0.380 e. The molecule has 0 radical (unpaired) electrons. The van der Waals surface area contributed by atoms with Crippen molar-refractivity contribution in [3.8, 4) is 0 Å². The lowest BCUT2D eigenvalue weighted by Gasteiger charge is -2.35. The third-order valence-corrected chi connectivity index (χ3v) is 2.83. The highest BCUT2D eigenvalue weighted by Crippen LogP contribution is 2.02. The van der Waals surface area contributed by atoms with Gasteiger partial charge in [-0.05, 0) is 13.5 Å². The molecule has 0 saturated carbocycles. The SMILES string of the molecule is CCN1CCN(C[C@@H](C)OC)CC1. The molecule has 1 atom stereocenters. The normalized spacial score (nSPS) is 23.3. The number of rotatable bonds is 4. The van der Waals surface area contributed by atoms with Crippen molar-refractivity contribution in [1.29, 1.82) is 0 Å². The van der Waals surface area contributed by atoms with Crippen LogP contribution in [0.15, 0.2) is 0 Å². The molecule has 1 rings (SSSR count). The van der Waals surface area contributed by atoms with Gasteiger partial charge in [-0.2, -0.15) is 0 Å². The highest BCUT2D eigenvalue weighted by atomic mass is 16.5. The van der Waals surface area contributed by atoms with Gasteiger partial charge >= 0.3 is 0 Å². The summed E-state index contributed by atoms with van der Waals surface area (Å²) in [5, 5.41) is 0. The molecule has 1 heterocycles. The van der Waals surface area contributed by atoms with Crippen molar-refractivity contribution in [2.45, 2.75) is 20.0 Å². The molecule has 0 aliphatic carbocycles. The molecule has 0 aromatic carbocycles. The van der Waals surface area contributed by atoms with Gasteiger partial charge in [0.25, 0.3) is 0 Å². The zero-order chi connectivity index (χ0) is 9.68. The van der Waals surface area contributed by atoms with Crippen molar-refractivity contribution in [1.82, 2.24) is 9.80 Å². The summed E-state index contributed by atoms with van der Waals surface area (Å²) in [5.74, 6) is 0. The number of ether oxygens (including phenoxy) is 1. The number of piperazine rings is 1. The Morgan fingerprint density at radius 2 is 1.69 bits per heavy atom. The Kier molecular flexibility index (Phi) is 4.70. The van der Waals surface area contributed by atoms with Crippen LogP contribution in [-0.2, 0) is 4.74 Å². The van der Waals surface area contributed by atoms with Gasteiger partial charge < -0.3 is 9.64 Å². The maximum atomic E-state index is 5.25. The van der Waals surface area contributed by atoms with E-state index < -0.39 is 0 Å². The van der Waals surface area contributed by atoms with E-state index in [1.54, 1.807) is 7.11 Å². The van der Waals surface area contributed by atoms with E-state index in [4.69, 9.17) is 4.74 Å². The van der Waals surface area contributed by atoms with E-state index in [0.29, 0.717) is 6.10 Å². The quantitative estimate of drug-likeness (QED) is 0.641. The largest absolute Gasteiger partial charge is 0.380 e. The van der Waals surface area contributed by atoms with Crippen LogP contribution in [0.2, 0.25) is 0 Å². The summed E-state index contributed by atoms with van der Waals surface area (Å²) in [6.07, 6.45) is 0.369. The van der Waals surface area contributed by atoms with Gasteiger partial charge in [-0.1, -0.05) is 6.92 Å². The number of nitrogens with zero attached hydrogens (tertiary/aromatic N) is 2. The third kappa shape index (κ3) is 3.63. The van der Waals surface area contributed by atoms with Gasteiger partial charge in [-0.15, -0.1) is 0 Å². The second-order valence-corrected chi connectivity index (χ2v) is 3.78. The van der Waals surface area contributed by atoms with Gasteiger partial charge in [0, 0.05) is 39.8 Å². The molecule has 0 aromatic rings. The van der Waals surface area contributed by atoms with Crippen LogP contribution in [0.3, 0.4) is 0 Å².